The van der Waals surface area contributed by atoms with E-state index in [9.17, 15) is 5.11 Å². The highest BCUT2D eigenvalue weighted by Crippen LogP contribution is 2.37. The molecule has 206 valence electrons. The minimum Gasteiger partial charge on any atom is -0.456 e. The van der Waals surface area contributed by atoms with Crippen LogP contribution in [0.1, 0.15) is 31.2 Å². The maximum atomic E-state index is 10.1. The van der Waals surface area contributed by atoms with Gasteiger partial charge in [0.1, 0.15) is 23.6 Å². The molecule has 5 aromatic rings. The number of aliphatic hydroxyl groups is 1. The second-order valence-corrected chi connectivity index (χ2v) is 11.4. The van der Waals surface area contributed by atoms with Crippen molar-refractivity contribution in [2.75, 3.05) is 5.32 Å². The van der Waals surface area contributed by atoms with E-state index in [4.69, 9.17) is 16.3 Å². The predicted octanol–water partition coefficient (Wildman–Crippen LogP) is 7.97. The number of anilines is 2. The van der Waals surface area contributed by atoms with Crippen LogP contribution >= 0.6 is 11.6 Å². The molecule has 2 saturated heterocycles. The minimum absolute atomic E-state index is 0.132. The molecule has 41 heavy (non-hydrogen) atoms. The summed E-state index contributed by atoms with van der Waals surface area (Å²) >= 11 is 6.56. The average molecular weight is 563 g/mol. The summed E-state index contributed by atoms with van der Waals surface area (Å²) in [5.74, 6) is 2.03. The third-order valence-electron chi connectivity index (χ3n) is 8.31. The molecule has 0 spiro atoms. The standard InChI is InChI=1S/C34H31ClN4O2/c35-31-17-25(11-15-33(31)41-29-4-2-1-3-5-29)38-34-30-16-24(10-14-32(30)36-21-37-34)23-8-6-22(7-9-23)20-39-26-12-13-27(39)19-28(40)18-26/h1-11,14-17,21,26-28,40H,12-13,18-20H2,(H,36,37,38). The van der Waals surface area contributed by atoms with Crippen molar-refractivity contribution in [3.05, 3.63) is 108 Å². The fraction of sp³-hybridized carbons (Fsp3) is 0.235. The van der Waals surface area contributed by atoms with Crippen LogP contribution in [0.4, 0.5) is 11.5 Å². The summed E-state index contributed by atoms with van der Waals surface area (Å²) in [5.41, 5.74) is 5.23. The van der Waals surface area contributed by atoms with Gasteiger partial charge in [-0.25, -0.2) is 9.97 Å². The lowest BCUT2D eigenvalue weighted by Gasteiger charge is -2.37. The Bertz CT molecular complexity index is 1660. The highest BCUT2D eigenvalue weighted by molar-refractivity contribution is 6.32. The highest BCUT2D eigenvalue weighted by Gasteiger charge is 2.39. The number of rotatable bonds is 7. The van der Waals surface area contributed by atoms with E-state index >= 15 is 0 Å². The summed E-state index contributed by atoms with van der Waals surface area (Å²) in [7, 11) is 0. The van der Waals surface area contributed by atoms with Crippen LogP contribution in [0.2, 0.25) is 5.02 Å². The number of ether oxygens (including phenoxy) is 1. The average Bonchev–Trinajstić information content (AvgIpc) is 3.22. The molecule has 0 amide bonds. The van der Waals surface area contributed by atoms with E-state index in [1.54, 1.807) is 6.33 Å². The number of fused-ring (bicyclic) bond motifs is 3. The Hall–Kier alpha value is -3.97. The predicted molar refractivity (Wildman–Crippen MR) is 164 cm³/mol. The normalized spacial score (nSPS) is 20.3. The van der Waals surface area contributed by atoms with E-state index in [0.29, 0.717) is 28.7 Å². The third-order valence-corrected chi connectivity index (χ3v) is 8.61. The van der Waals surface area contributed by atoms with Crippen LogP contribution in [0.5, 0.6) is 11.5 Å². The van der Waals surface area contributed by atoms with Gasteiger partial charge >= 0.3 is 0 Å². The van der Waals surface area contributed by atoms with Crippen LogP contribution < -0.4 is 10.1 Å². The van der Waals surface area contributed by atoms with Crippen LogP contribution in [0, 0.1) is 0 Å². The highest BCUT2D eigenvalue weighted by atomic mass is 35.5. The van der Waals surface area contributed by atoms with Crippen molar-refractivity contribution in [1.82, 2.24) is 14.9 Å². The first kappa shape index (κ1) is 26.0. The Morgan fingerprint density at radius 1 is 0.854 bits per heavy atom. The Morgan fingerprint density at radius 2 is 1.61 bits per heavy atom. The largest absolute Gasteiger partial charge is 0.456 e. The smallest absolute Gasteiger partial charge is 0.146 e. The van der Waals surface area contributed by atoms with Crippen LogP contribution in [0.3, 0.4) is 0 Å². The van der Waals surface area contributed by atoms with Gasteiger partial charge in [-0.2, -0.15) is 0 Å². The van der Waals surface area contributed by atoms with Gasteiger partial charge in [-0.05, 0) is 84.8 Å². The fourth-order valence-corrected chi connectivity index (χ4v) is 6.49. The van der Waals surface area contributed by atoms with E-state index in [2.05, 4.69) is 56.6 Å². The van der Waals surface area contributed by atoms with Gasteiger partial charge in [-0.3, -0.25) is 4.90 Å². The number of nitrogens with one attached hydrogen (secondary N) is 1. The van der Waals surface area contributed by atoms with E-state index in [1.165, 1.54) is 18.4 Å². The summed E-state index contributed by atoms with van der Waals surface area (Å²) in [6, 6.07) is 31.3. The lowest BCUT2D eigenvalue weighted by atomic mass is 9.98. The molecule has 2 aliphatic rings. The van der Waals surface area contributed by atoms with Gasteiger partial charge in [0.15, 0.2) is 0 Å². The third kappa shape index (κ3) is 5.51. The molecule has 2 aliphatic heterocycles. The number of aromatic nitrogens is 2. The zero-order valence-corrected chi connectivity index (χ0v) is 23.3. The van der Waals surface area contributed by atoms with Gasteiger partial charge in [-0.1, -0.05) is 60.1 Å². The summed E-state index contributed by atoms with van der Waals surface area (Å²) in [4.78, 5) is 11.6. The molecule has 4 aromatic carbocycles. The molecule has 7 rings (SSSR count). The van der Waals surface area contributed by atoms with Gasteiger partial charge in [0, 0.05) is 29.7 Å². The number of halogens is 1. The Labute approximate surface area is 244 Å². The molecule has 3 heterocycles. The zero-order valence-electron chi connectivity index (χ0n) is 22.6. The van der Waals surface area contributed by atoms with Gasteiger partial charge < -0.3 is 15.2 Å². The van der Waals surface area contributed by atoms with Crippen molar-refractivity contribution >= 4 is 34.0 Å². The van der Waals surface area contributed by atoms with Crippen molar-refractivity contribution < 1.29 is 9.84 Å². The Morgan fingerprint density at radius 3 is 2.37 bits per heavy atom. The number of nitrogens with zero attached hydrogens (tertiary/aromatic N) is 3. The number of piperidine rings is 1. The van der Waals surface area contributed by atoms with Crippen LogP contribution in [-0.2, 0) is 6.54 Å². The van der Waals surface area contributed by atoms with Crippen LogP contribution in [0.15, 0.2) is 97.3 Å². The van der Waals surface area contributed by atoms with Crippen molar-refractivity contribution in [3.8, 4) is 22.6 Å². The van der Waals surface area contributed by atoms with Crippen molar-refractivity contribution in [2.24, 2.45) is 0 Å². The first-order chi connectivity index (χ1) is 20.1. The van der Waals surface area contributed by atoms with Gasteiger partial charge in [0.05, 0.1) is 16.6 Å². The van der Waals surface area contributed by atoms with Gasteiger partial charge in [0.25, 0.3) is 0 Å². The van der Waals surface area contributed by atoms with E-state index in [1.807, 2.05) is 54.6 Å². The van der Waals surface area contributed by atoms with Crippen molar-refractivity contribution in [2.45, 2.75) is 50.4 Å². The SMILES string of the molecule is OC1CC2CCC(C1)N2Cc1ccc(-c2ccc3ncnc(Nc4ccc(Oc5ccccc5)c(Cl)c4)c3c2)cc1. The molecule has 2 N–H and O–H groups in total. The molecule has 2 atom stereocenters. The summed E-state index contributed by atoms with van der Waals surface area (Å²) < 4.78 is 5.92. The molecule has 2 fully saturated rings. The molecular weight excluding hydrogens is 532 g/mol. The second kappa shape index (κ2) is 11.1. The first-order valence-corrected chi connectivity index (χ1v) is 14.5. The molecule has 1 aromatic heterocycles. The maximum Gasteiger partial charge on any atom is 0.146 e. The van der Waals surface area contributed by atoms with E-state index in [0.717, 1.165) is 52.9 Å². The Kier molecular flexibility index (Phi) is 7.05. The molecule has 6 nitrogen and oxygen atoms in total. The molecule has 2 bridgehead atoms. The number of hydrogen-bond acceptors (Lipinski definition) is 6. The molecule has 0 aliphatic carbocycles. The van der Waals surface area contributed by atoms with E-state index in [-0.39, 0.29) is 6.10 Å². The number of hydrogen-bond donors (Lipinski definition) is 2. The first-order valence-electron chi connectivity index (χ1n) is 14.2. The molecule has 7 heteroatoms. The lowest BCUT2D eigenvalue weighted by Crippen LogP contribution is -2.44. The molecular formula is C34H31ClN4O2. The van der Waals surface area contributed by atoms with Crippen molar-refractivity contribution in [3.63, 3.8) is 0 Å². The number of para-hydroxylation sites is 1. The number of benzene rings is 4. The van der Waals surface area contributed by atoms with E-state index < -0.39 is 0 Å². The van der Waals surface area contributed by atoms with Crippen LogP contribution in [0.25, 0.3) is 22.0 Å². The number of aliphatic hydroxyl groups excluding tert-OH is 1. The van der Waals surface area contributed by atoms with Crippen molar-refractivity contribution in [1.29, 1.82) is 0 Å². The van der Waals surface area contributed by atoms with Crippen LogP contribution in [-0.4, -0.2) is 38.2 Å². The molecule has 2 unspecified atom stereocenters. The van der Waals surface area contributed by atoms with Gasteiger partial charge in [-0.15, -0.1) is 0 Å². The summed E-state index contributed by atoms with van der Waals surface area (Å²) in [5, 5.41) is 15.0. The van der Waals surface area contributed by atoms with Gasteiger partial charge in [0.2, 0.25) is 0 Å². The topological polar surface area (TPSA) is 70.5 Å². The fourth-order valence-electron chi connectivity index (χ4n) is 6.27. The Balaban J connectivity index is 1.10. The summed E-state index contributed by atoms with van der Waals surface area (Å²) in [6.07, 6.45) is 5.65. The zero-order chi connectivity index (χ0) is 27.8. The quantitative estimate of drug-likeness (QED) is 0.209. The summed E-state index contributed by atoms with van der Waals surface area (Å²) in [6.45, 7) is 0.944. The minimum atomic E-state index is -0.132. The lowest BCUT2D eigenvalue weighted by molar-refractivity contribution is 0.0310. The second-order valence-electron chi connectivity index (χ2n) is 11.0. The monoisotopic (exact) mass is 562 g/mol. The molecule has 0 radical (unpaired) electrons. The molecule has 0 saturated carbocycles. The maximum absolute atomic E-state index is 10.1.